The molecule has 0 fully saturated rings. The van der Waals surface area contributed by atoms with Crippen LogP contribution in [-0.2, 0) is 17.9 Å². The van der Waals surface area contributed by atoms with Gasteiger partial charge in [-0.15, -0.1) is 0 Å². The van der Waals surface area contributed by atoms with E-state index in [-0.39, 0.29) is 5.91 Å². The van der Waals surface area contributed by atoms with Crippen molar-refractivity contribution in [3.05, 3.63) is 66.0 Å². The molecular weight excluding hydrogens is 300 g/mol. The molecule has 0 aliphatic rings. The molecule has 0 saturated carbocycles. The van der Waals surface area contributed by atoms with E-state index in [9.17, 15) is 4.79 Å². The molecule has 3 N–H and O–H groups in total. The van der Waals surface area contributed by atoms with Gasteiger partial charge >= 0.3 is 0 Å². The Morgan fingerprint density at radius 3 is 2.83 bits per heavy atom. The van der Waals surface area contributed by atoms with Gasteiger partial charge in [0.15, 0.2) is 0 Å². The van der Waals surface area contributed by atoms with Crippen LogP contribution in [0.5, 0.6) is 0 Å². The Labute approximate surface area is 141 Å². The fourth-order valence-corrected chi connectivity index (χ4v) is 2.72. The van der Waals surface area contributed by atoms with Crippen molar-refractivity contribution in [1.29, 1.82) is 0 Å². The Kier molecular flexibility index (Phi) is 5.23. The Morgan fingerprint density at radius 2 is 1.96 bits per heavy atom. The Hall–Kier alpha value is -2.66. The van der Waals surface area contributed by atoms with Gasteiger partial charge in [0.1, 0.15) is 0 Å². The number of hydrogen-bond acceptors (Lipinski definition) is 3. The van der Waals surface area contributed by atoms with Gasteiger partial charge in [-0.25, -0.2) is 4.98 Å². The molecule has 3 rings (SSSR count). The van der Waals surface area contributed by atoms with Crippen LogP contribution in [0.4, 0.5) is 0 Å². The van der Waals surface area contributed by atoms with Crippen LogP contribution < -0.4 is 11.1 Å². The molecule has 0 bridgehead atoms. The molecule has 1 aromatic heterocycles. The average molecular weight is 322 g/mol. The zero-order chi connectivity index (χ0) is 16.8. The summed E-state index contributed by atoms with van der Waals surface area (Å²) in [6.45, 7) is 1.85. The van der Waals surface area contributed by atoms with Gasteiger partial charge < -0.3 is 15.6 Å². The van der Waals surface area contributed by atoms with Crippen LogP contribution in [0.3, 0.4) is 0 Å². The molecule has 0 aliphatic heterocycles. The molecule has 5 nitrogen and oxygen atoms in total. The number of benzene rings is 2. The first-order chi connectivity index (χ1) is 11.8. The third-order valence-corrected chi connectivity index (χ3v) is 3.97. The summed E-state index contributed by atoms with van der Waals surface area (Å²) in [7, 11) is 0. The van der Waals surface area contributed by atoms with E-state index in [0.717, 1.165) is 29.6 Å². The van der Waals surface area contributed by atoms with E-state index in [1.165, 1.54) is 5.56 Å². The van der Waals surface area contributed by atoms with Crippen LogP contribution >= 0.6 is 0 Å². The number of para-hydroxylation sites is 2. The predicted octanol–water partition coefficient (Wildman–Crippen LogP) is 2.44. The first kappa shape index (κ1) is 16.2. The number of rotatable bonds is 7. The molecule has 2 aromatic carbocycles. The highest BCUT2D eigenvalue weighted by Gasteiger charge is 2.04. The maximum atomic E-state index is 11.7. The summed E-state index contributed by atoms with van der Waals surface area (Å²) in [5.74, 6) is 0.0476. The normalized spacial score (nSPS) is 10.9. The largest absolute Gasteiger partial charge is 0.352 e. The van der Waals surface area contributed by atoms with Gasteiger partial charge in [0.25, 0.3) is 0 Å². The Morgan fingerprint density at radius 1 is 1.12 bits per heavy atom. The maximum absolute atomic E-state index is 11.7. The summed E-state index contributed by atoms with van der Waals surface area (Å²) in [6, 6.07) is 16.4. The van der Waals surface area contributed by atoms with Gasteiger partial charge in [-0.05, 0) is 36.2 Å². The van der Waals surface area contributed by atoms with Crippen molar-refractivity contribution in [3.8, 4) is 0 Å². The molecule has 0 saturated heterocycles. The third kappa shape index (κ3) is 4.00. The molecule has 0 atom stereocenters. The summed E-state index contributed by atoms with van der Waals surface area (Å²) >= 11 is 0. The van der Waals surface area contributed by atoms with Crippen molar-refractivity contribution < 1.29 is 4.79 Å². The monoisotopic (exact) mass is 322 g/mol. The molecule has 0 aliphatic carbocycles. The number of carbonyl (C=O) groups is 1. The second-order valence-corrected chi connectivity index (χ2v) is 5.85. The van der Waals surface area contributed by atoms with Gasteiger partial charge in [0.2, 0.25) is 5.91 Å². The highest BCUT2D eigenvalue weighted by molar-refractivity contribution is 5.76. The predicted molar refractivity (Wildman–Crippen MR) is 95.4 cm³/mol. The summed E-state index contributed by atoms with van der Waals surface area (Å²) in [6.07, 6.45) is 3.07. The summed E-state index contributed by atoms with van der Waals surface area (Å²) in [4.78, 5) is 16.1. The van der Waals surface area contributed by atoms with Crippen LogP contribution in [0.1, 0.15) is 24.0 Å². The van der Waals surface area contributed by atoms with Crippen molar-refractivity contribution in [3.63, 3.8) is 0 Å². The molecule has 124 valence electrons. The second kappa shape index (κ2) is 7.75. The lowest BCUT2D eigenvalue weighted by atomic mass is 10.1. The standard InChI is InChI=1S/C19H22N4O/c20-10-4-9-19(24)21-12-15-5-3-6-16(11-15)13-23-14-22-17-7-1-2-8-18(17)23/h1-3,5-8,11,14H,4,9-10,12-13,20H2,(H,21,24). The van der Waals surface area contributed by atoms with Gasteiger partial charge in [0.05, 0.1) is 17.4 Å². The fourth-order valence-electron chi connectivity index (χ4n) is 2.72. The quantitative estimate of drug-likeness (QED) is 0.702. The average Bonchev–Trinajstić information content (AvgIpc) is 3.02. The summed E-state index contributed by atoms with van der Waals surface area (Å²) in [5, 5.41) is 2.94. The van der Waals surface area contributed by atoms with E-state index in [0.29, 0.717) is 19.5 Å². The lowest BCUT2D eigenvalue weighted by molar-refractivity contribution is -0.121. The topological polar surface area (TPSA) is 72.9 Å². The number of hydrogen-bond donors (Lipinski definition) is 2. The zero-order valence-corrected chi connectivity index (χ0v) is 13.6. The van der Waals surface area contributed by atoms with Crippen molar-refractivity contribution in [2.45, 2.75) is 25.9 Å². The van der Waals surface area contributed by atoms with Crippen LogP contribution in [-0.4, -0.2) is 22.0 Å². The number of nitrogens with zero attached hydrogens (tertiary/aromatic N) is 2. The molecule has 0 radical (unpaired) electrons. The minimum atomic E-state index is 0.0476. The molecular formula is C19H22N4O. The maximum Gasteiger partial charge on any atom is 0.220 e. The third-order valence-electron chi connectivity index (χ3n) is 3.97. The highest BCUT2D eigenvalue weighted by atomic mass is 16.1. The second-order valence-electron chi connectivity index (χ2n) is 5.85. The fraction of sp³-hybridized carbons (Fsp3) is 0.263. The van der Waals surface area contributed by atoms with Crippen LogP contribution in [0.25, 0.3) is 11.0 Å². The first-order valence-electron chi connectivity index (χ1n) is 8.21. The zero-order valence-electron chi connectivity index (χ0n) is 13.6. The van der Waals surface area contributed by atoms with Crippen molar-refractivity contribution in [2.24, 2.45) is 5.73 Å². The smallest absolute Gasteiger partial charge is 0.220 e. The van der Waals surface area contributed by atoms with Gasteiger partial charge in [-0.1, -0.05) is 36.4 Å². The number of nitrogens with two attached hydrogens (primary N) is 1. The Balaban J connectivity index is 1.66. The van der Waals surface area contributed by atoms with E-state index in [1.54, 1.807) is 0 Å². The van der Waals surface area contributed by atoms with Crippen LogP contribution in [0.15, 0.2) is 54.9 Å². The minimum Gasteiger partial charge on any atom is -0.352 e. The first-order valence-corrected chi connectivity index (χ1v) is 8.21. The van der Waals surface area contributed by atoms with Gasteiger partial charge in [0, 0.05) is 19.5 Å². The summed E-state index contributed by atoms with van der Waals surface area (Å²) < 4.78 is 2.13. The van der Waals surface area contributed by atoms with E-state index >= 15 is 0 Å². The number of amides is 1. The van der Waals surface area contributed by atoms with E-state index in [1.807, 2.05) is 36.7 Å². The van der Waals surface area contributed by atoms with E-state index in [2.05, 4.69) is 33.1 Å². The van der Waals surface area contributed by atoms with Crippen molar-refractivity contribution in [2.75, 3.05) is 6.54 Å². The van der Waals surface area contributed by atoms with Crippen molar-refractivity contribution >= 4 is 16.9 Å². The van der Waals surface area contributed by atoms with Gasteiger partial charge in [-0.2, -0.15) is 0 Å². The molecule has 1 amide bonds. The molecule has 24 heavy (non-hydrogen) atoms. The lowest BCUT2D eigenvalue weighted by Crippen LogP contribution is -2.23. The van der Waals surface area contributed by atoms with Crippen molar-refractivity contribution in [1.82, 2.24) is 14.9 Å². The summed E-state index contributed by atoms with van der Waals surface area (Å²) in [5.41, 5.74) is 9.83. The minimum absolute atomic E-state index is 0.0476. The number of imidazole rings is 1. The number of carbonyl (C=O) groups excluding carboxylic acids is 1. The highest BCUT2D eigenvalue weighted by Crippen LogP contribution is 2.15. The lowest BCUT2D eigenvalue weighted by Gasteiger charge is -2.08. The van der Waals surface area contributed by atoms with E-state index in [4.69, 9.17) is 5.73 Å². The van der Waals surface area contributed by atoms with E-state index < -0.39 is 0 Å². The molecule has 5 heteroatoms. The van der Waals surface area contributed by atoms with Crippen LogP contribution in [0, 0.1) is 0 Å². The number of nitrogens with one attached hydrogen (secondary N) is 1. The number of fused-ring (bicyclic) bond motifs is 1. The molecule has 1 heterocycles. The molecule has 3 aromatic rings. The molecule has 0 spiro atoms. The number of aromatic nitrogens is 2. The molecule has 0 unspecified atom stereocenters. The SMILES string of the molecule is NCCCC(=O)NCc1cccc(Cn2cnc3ccccc32)c1. The Bertz CT molecular complexity index is 825. The van der Waals surface area contributed by atoms with Crippen LogP contribution in [0.2, 0.25) is 0 Å². The van der Waals surface area contributed by atoms with Gasteiger partial charge in [-0.3, -0.25) is 4.79 Å².